The van der Waals surface area contributed by atoms with Crippen molar-refractivity contribution in [3.8, 4) is 0 Å². The van der Waals surface area contributed by atoms with Gasteiger partial charge in [-0.1, -0.05) is 6.07 Å². The highest BCUT2D eigenvalue weighted by atomic mass is 19.4. The van der Waals surface area contributed by atoms with E-state index in [0.29, 0.717) is 0 Å². The fourth-order valence-corrected chi connectivity index (χ4v) is 1.03. The van der Waals surface area contributed by atoms with Crippen LogP contribution in [0.4, 0.5) is 13.2 Å². The number of halogens is 3. The van der Waals surface area contributed by atoms with E-state index in [1.165, 1.54) is 12.1 Å². The molecule has 1 rings (SSSR count). The van der Waals surface area contributed by atoms with E-state index in [-0.39, 0.29) is 12.1 Å². The number of rotatable bonds is 2. The third kappa shape index (κ3) is 2.42. The largest absolute Gasteiger partial charge is 0.433 e. The van der Waals surface area contributed by atoms with Gasteiger partial charge in [0, 0.05) is 12.7 Å². The number of pyridine rings is 1. The molecule has 0 aliphatic carbocycles. The molecule has 5 heteroatoms. The molecule has 13 heavy (non-hydrogen) atoms. The zero-order valence-electron chi connectivity index (χ0n) is 7.02. The summed E-state index contributed by atoms with van der Waals surface area (Å²) < 4.78 is 36.8. The van der Waals surface area contributed by atoms with Crippen LogP contribution < -0.4 is 5.32 Å². The maximum atomic E-state index is 12.3. The summed E-state index contributed by atoms with van der Waals surface area (Å²) in [6.07, 6.45) is -3.23. The van der Waals surface area contributed by atoms with Gasteiger partial charge >= 0.3 is 6.18 Å². The molecule has 1 N–H and O–H groups in total. The van der Waals surface area contributed by atoms with Crippen LogP contribution in [0.5, 0.6) is 0 Å². The van der Waals surface area contributed by atoms with Gasteiger partial charge in [0.25, 0.3) is 0 Å². The molecule has 0 atom stereocenters. The lowest BCUT2D eigenvalue weighted by Gasteiger charge is -2.10. The van der Waals surface area contributed by atoms with Gasteiger partial charge in [-0.05, 0) is 18.7 Å². The summed E-state index contributed by atoms with van der Waals surface area (Å²) in [5.41, 5.74) is -0.651. The Bertz CT molecular complexity index is 283. The van der Waals surface area contributed by atoms with Crippen LogP contribution in [0.3, 0.4) is 0 Å². The Morgan fingerprint density at radius 2 is 2.15 bits per heavy atom. The third-order valence-corrected chi connectivity index (χ3v) is 1.53. The van der Waals surface area contributed by atoms with Crippen molar-refractivity contribution in [3.05, 3.63) is 29.6 Å². The Kier molecular flexibility index (Phi) is 2.87. The van der Waals surface area contributed by atoms with Gasteiger partial charge in [-0.2, -0.15) is 13.2 Å². The average molecular weight is 190 g/mol. The van der Waals surface area contributed by atoms with Crippen LogP contribution in [0.2, 0.25) is 0 Å². The van der Waals surface area contributed by atoms with E-state index < -0.39 is 11.9 Å². The van der Waals surface area contributed by atoms with Crippen molar-refractivity contribution in [2.24, 2.45) is 0 Å². The van der Waals surface area contributed by atoms with Gasteiger partial charge in [0.05, 0.1) is 0 Å². The van der Waals surface area contributed by atoms with E-state index in [1.807, 2.05) is 0 Å². The monoisotopic (exact) mass is 190 g/mol. The second-order valence-electron chi connectivity index (χ2n) is 2.54. The maximum absolute atomic E-state index is 12.3. The average Bonchev–Trinajstić information content (AvgIpc) is 2.04. The van der Waals surface area contributed by atoms with Crippen molar-refractivity contribution < 1.29 is 13.2 Å². The fourth-order valence-electron chi connectivity index (χ4n) is 1.03. The Morgan fingerprint density at radius 3 is 2.69 bits per heavy atom. The van der Waals surface area contributed by atoms with Crippen LogP contribution in [0.15, 0.2) is 18.3 Å². The van der Waals surface area contributed by atoms with Gasteiger partial charge in [0.15, 0.2) is 0 Å². The molecule has 72 valence electrons. The zero-order chi connectivity index (χ0) is 9.90. The minimum atomic E-state index is -4.37. The number of hydrogen-bond acceptors (Lipinski definition) is 2. The van der Waals surface area contributed by atoms with Crippen molar-refractivity contribution in [2.45, 2.75) is 12.7 Å². The highest BCUT2D eigenvalue weighted by Gasteiger charge is 2.34. The first-order valence-corrected chi connectivity index (χ1v) is 3.71. The van der Waals surface area contributed by atoms with Gasteiger partial charge in [-0.25, -0.2) is 0 Å². The molecule has 0 saturated heterocycles. The molecule has 1 aromatic rings. The van der Waals surface area contributed by atoms with Crippen molar-refractivity contribution in [1.82, 2.24) is 10.3 Å². The van der Waals surface area contributed by atoms with E-state index in [9.17, 15) is 13.2 Å². The number of hydrogen-bond donors (Lipinski definition) is 1. The zero-order valence-corrected chi connectivity index (χ0v) is 7.02. The molecule has 0 radical (unpaired) electrons. The molecule has 0 amide bonds. The number of aromatic nitrogens is 1. The number of alkyl halides is 3. The van der Waals surface area contributed by atoms with Crippen LogP contribution in [0.1, 0.15) is 11.3 Å². The Hall–Kier alpha value is -1.10. The van der Waals surface area contributed by atoms with Gasteiger partial charge < -0.3 is 5.32 Å². The van der Waals surface area contributed by atoms with E-state index in [1.54, 1.807) is 7.05 Å². The molecular weight excluding hydrogens is 181 g/mol. The van der Waals surface area contributed by atoms with E-state index in [2.05, 4.69) is 10.3 Å². The van der Waals surface area contributed by atoms with Crippen molar-refractivity contribution in [2.75, 3.05) is 7.05 Å². The van der Waals surface area contributed by atoms with Gasteiger partial charge in [-0.15, -0.1) is 0 Å². The summed E-state index contributed by atoms with van der Waals surface area (Å²) in [6, 6.07) is 2.90. The van der Waals surface area contributed by atoms with Crippen LogP contribution in [-0.2, 0) is 12.7 Å². The predicted octanol–water partition coefficient (Wildman–Crippen LogP) is 1.82. The molecule has 0 saturated carbocycles. The predicted molar refractivity (Wildman–Crippen MR) is 42.0 cm³/mol. The van der Waals surface area contributed by atoms with E-state index >= 15 is 0 Å². The summed E-state index contributed by atoms with van der Waals surface area (Å²) in [5.74, 6) is 0. The minimum absolute atomic E-state index is 0.164. The fraction of sp³-hybridized carbons (Fsp3) is 0.375. The summed E-state index contributed by atoms with van der Waals surface area (Å²) in [6.45, 7) is 0.169. The van der Waals surface area contributed by atoms with Gasteiger partial charge in [0.2, 0.25) is 0 Å². The topological polar surface area (TPSA) is 24.9 Å². The Balaban J connectivity index is 3.05. The van der Waals surface area contributed by atoms with Crippen molar-refractivity contribution >= 4 is 0 Å². The molecule has 1 aromatic heterocycles. The highest BCUT2D eigenvalue weighted by molar-refractivity contribution is 5.21. The number of nitrogens with one attached hydrogen (secondary N) is 1. The molecule has 0 aliphatic heterocycles. The Morgan fingerprint density at radius 1 is 1.46 bits per heavy atom. The minimum Gasteiger partial charge on any atom is -0.316 e. The van der Waals surface area contributed by atoms with Gasteiger partial charge in [-0.3, -0.25) is 4.98 Å². The molecule has 0 unspecified atom stereocenters. The first-order valence-electron chi connectivity index (χ1n) is 3.71. The third-order valence-electron chi connectivity index (χ3n) is 1.53. The lowest BCUT2D eigenvalue weighted by Crippen LogP contribution is -2.15. The summed E-state index contributed by atoms with van der Waals surface area (Å²) >= 11 is 0. The summed E-state index contributed by atoms with van der Waals surface area (Å²) in [7, 11) is 1.59. The smallest absolute Gasteiger partial charge is 0.316 e. The maximum Gasteiger partial charge on any atom is 0.433 e. The molecular formula is C8H9F3N2. The molecule has 0 aromatic carbocycles. The lowest BCUT2D eigenvalue weighted by atomic mass is 10.2. The molecule has 2 nitrogen and oxygen atoms in total. The van der Waals surface area contributed by atoms with E-state index in [0.717, 1.165) is 6.20 Å². The summed E-state index contributed by atoms with van der Waals surface area (Å²) in [5, 5.41) is 2.66. The van der Waals surface area contributed by atoms with Crippen LogP contribution in [0, 0.1) is 0 Å². The molecule has 1 heterocycles. The van der Waals surface area contributed by atoms with Crippen LogP contribution in [-0.4, -0.2) is 12.0 Å². The normalized spacial score (nSPS) is 11.7. The molecule has 0 spiro atoms. The Labute approximate surface area is 73.8 Å². The second kappa shape index (κ2) is 3.74. The quantitative estimate of drug-likeness (QED) is 0.769. The standard InChI is InChI=1S/C8H9F3N2/c1-12-5-6-3-2-4-13-7(6)8(9,10)11/h2-4,12H,5H2,1H3. The SMILES string of the molecule is CNCc1cccnc1C(F)(F)F. The molecule has 0 fully saturated rings. The molecule has 0 bridgehead atoms. The highest BCUT2D eigenvalue weighted by Crippen LogP contribution is 2.29. The second-order valence-corrected chi connectivity index (χ2v) is 2.54. The van der Waals surface area contributed by atoms with Crippen molar-refractivity contribution in [1.29, 1.82) is 0 Å². The van der Waals surface area contributed by atoms with Crippen LogP contribution in [0.25, 0.3) is 0 Å². The van der Waals surface area contributed by atoms with E-state index in [4.69, 9.17) is 0 Å². The van der Waals surface area contributed by atoms with Gasteiger partial charge in [0.1, 0.15) is 5.69 Å². The first kappa shape index (κ1) is 9.98. The number of nitrogens with zero attached hydrogens (tertiary/aromatic N) is 1. The molecule has 0 aliphatic rings. The van der Waals surface area contributed by atoms with Crippen molar-refractivity contribution in [3.63, 3.8) is 0 Å². The van der Waals surface area contributed by atoms with Crippen LogP contribution >= 0.6 is 0 Å². The lowest BCUT2D eigenvalue weighted by molar-refractivity contribution is -0.141. The summed E-state index contributed by atoms with van der Waals surface area (Å²) in [4.78, 5) is 3.30. The first-order chi connectivity index (χ1) is 6.05.